The van der Waals surface area contributed by atoms with Gasteiger partial charge in [0.2, 0.25) is 6.23 Å². The summed E-state index contributed by atoms with van der Waals surface area (Å²) in [6.45, 7) is 4.33. The Kier molecular flexibility index (Phi) is 7.49. The van der Waals surface area contributed by atoms with E-state index < -0.39 is 12.1 Å². The van der Waals surface area contributed by atoms with Crippen molar-refractivity contribution in [1.29, 1.82) is 0 Å². The summed E-state index contributed by atoms with van der Waals surface area (Å²) in [5, 5.41) is 16.5. The number of aromatic nitrogens is 1. The van der Waals surface area contributed by atoms with Crippen LogP contribution in [0.4, 0.5) is 5.69 Å². The van der Waals surface area contributed by atoms with E-state index in [2.05, 4.69) is 15.6 Å². The van der Waals surface area contributed by atoms with Crippen LogP contribution < -0.4 is 20.1 Å². The van der Waals surface area contributed by atoms with E-state index in [1.165, 1.54) is 0 Å². The Morgan fingerprint density at radius 2 is 1.81 bits per heavy atom. The first-order valence-corrected chi connectivity index (χ1v) is 10.7. The van der Waals surface area contributed by atoms with Gasteiger partial charge in [0, 0.05) is 29.1 Å². The van der Waals surface area contributed by atoms with E-state index in [0.29, 0.717) is 30.2 Å². The number of thiazole rings is 1. The van der Waals surface area contributed by atoms with E-state index in [1.54, 1.807) is 25.6 Å². The van der Waals surface area contributed by atoms with Crippen molar-refractivity contribution in [2.75, 3.05) is 26.1 Å². The van der Waals surface area contributed by atoms with Gasteiger partial charge in [-0.1, -0.05) is 17.7 Å². The zero-order valence-corrected chi connectivity index (χ0v) is 18.9. The first kappa shape index (κ1) is 22.6. The van der Waals surface area contributed by atoms with Crippen molar-refractivity contribution in [3.05, 3.63) is 58.6 Å². The number of amides is 1. The van der Waals surface area contributed by atoms with Gasteiger partial charge in [-0.05, 0) is 44.2 Å². The number of carbonyl (C=O) groups is 1. The summed E-state index contributed by atoms with van der Waals surface area (Å²) in [6, 6.07) is 13.2. The minimum Gasteiger partial charge on any atom is -0.493 e. The number of aliphatic hydroxyl groups is 1. The van der Waals surface area contributed by atoms with Gasteiger partial charge in [0.1, 0.15) is 5.01 Å². The van der Waals surface area contributed by atoms with E-state index in [0.717, 1.165) is 26.7 Å². The molecule has 1 unspecified atom stereocenters. The lowest BCUT2D eigenvalue weighted by molar-refractivity contribution is -0.127. The van der Waals surface area contributed by atoms with Gasteiger partial charge in [-0.3, -0.25) is 4.79 Å². The molecule has 2 aromatic carbocycles. The van der Waals surface area contributed by atoms with Crippen molar-refractivity contribution in [3.8, 4) is 22.1 Å². The third-order valence-electron chi connectivity index (χ3n) is 4.78. The van der Waals surface area contributed by atoms with E-state index in [9.17, 15) is 9.90 Å². The molecule has 0 fully saturated rings. The summed E-state index contributed by atoms with van der Waals surface area (Å²) >= 11 is 1.57. The first-order valence-electron chi connectivity index (χ1n) is 9.89. The molecule has 1 atom stereocenters. The van der Waals surface area contributed by atoms with Crippen LogP contribution in [0, 0.1) is 13.8 Å². The average Bonchev–Trinajstić information content (AvgIpc) is 3.15. The number of carbonyl (C=O) groups excluding carboxylic acids is 1. The number of hydrogen-bond acceptors (Lipinski definition) is 7. The molecular weight excluding hydrogens is 414 g/mol. The van der Waals surface area contributed by atoms with Crippen LogP contribution >= 0.6 is 11.3 Å². The molecule has 7 nitrogen and oxygen atoms in total. The number of benzene rings is 2. The van der Waals surface area contributed by atoms with Crippen molar-refractivity contribution >= 4 is 22.9 Å². The smallest absolute Gasteiger partial charge is 0.269 e. The van der Waals surface area contributed by atoms with Crippen molar-refractivity contribution < 1.29 is 19.4 Å². The van der Waals surface area contributed by atoms with Gasteiger partial charge < -0.3 is 25.2 Å². The molecule has 8 heteroatoms. The minimum atomic E-state index is -1.31. The van der Waals surface area contributed by atoms with Crippen LogP contribution in [0.2, 0.25) is 0 Å². The number of hydrogen-bond donors (Lipinski definition) is 3. The molecule has 0 aliphatic rings. The number of rotatable bonds is 9. The highest BCUT2D eigenvalue weighted by Gasteiger charge is 2.16. The van der Waals surface area contributed by atoms with Crippen molar-refractivity contribution in [3.63, 3.8) is 0 Å². The highest BCUT2D eigenvalue weighted by Crippen LogP contribution is 2.35. The van der Waals surface area contributed by atoms with Crippen molar-refractivity contribution in [1.82, 2.24) is 10.3 Å². The van der Waals surface area contributed by atoms with Crippen LogP contribution in [-0.4, -0.2) is 43.0 Å². The predicted molar refractivity (Wildman–Crippen MR) is 123 cm³/mol. The molecule has 0 aliphatic heterocycles. The van der Waals surface area contributed by atoms with E-state index in [-0.39, 0.29) is 0 Å². The highest BCUT2D eigenvalue weighted by molar-refractivity contribution is 7.15. The summed E-state index contributed by atoms with van der Waals surface area (Å²) < 4.78 is 10.7. The van der Waals surface area contributed by atoms with Crippen LogP contribution in [0.3, 0.4) is 0 Å². The van der Waals surface area contributed by atoms with Crippen LogP contribution in [0.15, 0.2) is 42.5 Å². The molecule has 3 N–H and O–H groups in total. The SMILES string of the molecule is COc1ccc(-c2nc(C)c(CCNC(=O)C(O)Nc3ccc(C)cc3)s2)cc1OC. The molecular formula is C23H27N3O4S. The molecule has 0 saturated heterocycles. The number of nitrogens with zero attached hydrogens (tertiary/aromatic N) is 1. The number of aliphatic hydroxyl groups excluding tert-OH is 1. The summed E-state index contributed by atoms with van der Waals surface area (Å²) in [5.41, 5.74) is 3.66. The van der Waals surface area contributed by atoms with E-state index >= 15 is 0 Å². The van der Waals surface area contributed by atoms with E-state index in [1.807, 2.05) is 56.3 Å². The Bertz CT molecular complexity index is 1030. The molecule has 31 heavy (non-hydrogen) atoms. The van der Waals surface area contributed by atoms with Gasteiger partial charge in [-0.25, -0.2) is 4.98 Å². The quantitative estimate of drug-likeness (QED) is 0.440. The molecule has 1 aromatic heterocycles. The summed E-state index contributed by atoms with van der Waals surface area (Å²) in [7, 11) is 3.20. The second kappa shape index (κ2) is 10.3. The Labute approximate surface area is 186 Å². The average molecular weight is 442 g/mol. The number of anilines is 1. The molecule has 0 bridgehead atoms. The molecule has 164 valence electrons. The molecule has 3 rings (SSSR count). The molecule has 1 heterocycles. The second-order valence-corrected chi connectivity index (χ2v) is 8.13. The Balaban J connectivity index is 1.57. The molecule has 0 aliphatic carbocycles. The maximum absolute atomic E-state index is 12.2. The highest BCUT2D eigenvalue weighted by atomic mass is 32.1. The Hall–Kier alpha value is -3.10. The lowest BCUT2D eigenvalue weighted by atomic mass is 10.2. The second-order valence-electron chi connectivity index (χ2n) is 7.05. The third-order valence-corrected chi connectivity index (χ3v) is 6.04. The van der Waals surface area contributed by atoms with Crippen LogP contribution in [-0.2, 0) is 11.2 Å². The van der Waals surface area contributed by atoms with Crippen LogP contribution in [0.25, 0.3) is 10.6 Å². The van der Waals surface area contributed by atoms with Crippen LogP contribution in [0.5, 0.6) is 11.5 Å². The molecule has 1 amide bonds. The standard InChI is InChI=1S/C23H27N3O4S/c1-14-5-8-17(9-6-14)26-22(28)21(27)24-12-11-20-15(2)25-23(31-20)16-7-10-18(29-3)19(13-16)30-4/h5-10,13,22,26,28H,11-12H2,1-4H3,(H,24,27). The van der Waals surface area contributed by atoms with E-state index in [4.69, 9.17) is 9.47 Å². The molecule has 0 radical (unpaired) electrons. The zero-order valence-electron chi connectivity index (χ0n) is 18.1. The van der Waals surface area contributed by atoms with Gasteiger partial charge >= 0.3 is 0 Å². The van der Waals surface area contributed by atoms with Gasteiger partial charge in [0.15, 0.2) is 11.5 Å². The fraction of sp³-hybridized carbons (Fsp3) is 0.304. The number of methoxy groups -OCH3 is 2. The molecule has 0 saturated carbocycles. The normalized spacial score (nSPS) is 11.6. The lowest BCUT2D eigenvalue weighted by Crippen LogP contribution is -2.40. The summed E-state index contributed by atoms with van der Waals surface area (Å²) in [5.74, 6) is 0.847. The van der Waals surface area contributed by atoms with Gasteiger partial charge in [0.05, 0.1) is 19.9 Å². The van der Waals surface area contributed by atoms with Gasteiger partial charge in [-0.15, -0.1) is 11.3 Å². The topological polar surface area (TPSA) is 92.7 Å². The van der Waals surface area contributed by atoms with Crippen molar-refractivity contribution in [2.45, 2.75) is 26.5 Å². The number of aryl methyl sites for hydroxylation is 2. The summed E-state index contributed by atoms with van der Waals surface area (Å²) in [4.78, 5) is 17.9. The van der Waals surface area contributed by atoms with Gasteiger partial charge in [-0.2, -0.15) is 0 Å². The Morgan fingerprint density at radius 3 is 2.48 bits per heavy atom. The lowest BCUT2D eigenvalue weighted by Gasteiger charge is -2.14. The molecule has 0 spiro atoms. The number of ether oxygens (including phenoxy) is 2. The Morgan fingerprint density at radius 1 is 1.10 bits per heavy atom. The number of nitrogens with one attached hydrogen (secondary N) is 2. The van der Waals surface area contributed by atoms with Crippen LogP contribution in [0.1, 0.15) is 16.1 Å². The summed E-state index contributed by atoms with van der Waals surface area (Å²) in [6.07, 6.45) is -0.688. The maximum atomic E-state index is 12.2. The fourth-order valence-corrected chi connectivity index (χ4v) is 4.08. The first-order chi connectivity index (χ1) is 14.9. The minimum absolute atomic E-state index is 0.403. The fourth-order valence-electron chi connectivity index (χ4n) is 3.02. The maximum Gasteiger partial charge on any atom is 0.269 e. The van der Waals surface area contributed by atoms with Crippen molar-refractivity contribution in [2.24, 2.45) is 0 Å². The monoisotopic (exact) mass is 441 g/mol. The largest absolute Gasteiger partial charge is 0.493 e. The predicted octanol–water partition coefficient (Wildman–Crippen LogP) is 3.53. The zero-order chi connectivity index (χ0) is 22.4. The third kappa shape index (κ3) is 5.74. The molecule has 3 aromatic rings. The van der Waals surface area contributed by atoms with Gasteiger partial charge in [0.25, 0.3) is 5.91 Å².